The number of anilines is 1. The fourth-order valence-electron chi connectivity index (χ4n) is 3.06. The van der Waals surface area contributed by atoms with Gasteiger partial charge in [-0.3, -0.25) is 0 Å². The zero-order valence-electron chi connectivity index (χ0n) is 16.6. The van der Waals surface area contributed by atoms with E-state index in [0.29, 0.717) is 11.5 Å². The van der Waals surface area contributed by atoms with E-state index in [0.717, 1.165) is 15.7 Å². The molecule has 31 heavy (non-hydrogen) atoms. The Hall–Kier alpha value is -3.01. The highest BCUT2D eigenvalue weighted by molar-refractivity contribution is 9.10. The maximum Gasteiger partial charge on any atom is 0.457 e. The lowest BCUT2D eigenvalue weighted by molar-refractivity contribution is 0.376. The molecule has 0 bridgehead atoms. The summed E-state index contributed by atoms with van der Waals surface area (Å²) in [4.78, 5) is 0. The van der Waals surface area contributed by atoms with Gasteiger partial charge in [0.2, 0.25) is 0 Å². The zero-order valence-corrected chi connectivity index (χ0v) is 19.1. The van der Waals surface area contributed by atoms with Gasteiger partial charge in [-0.05, 0) is 54.1 Å². The van der Waals surface area contributed by atoms with Crippen molar-refractivity contribution in [1.82, 2.24) is 0 Å². The molecule has 4 aromatic rings. The Morgan fingerprint density at radius 3 is 1.58 bits per heavy atom. The molecule has 0 unspecified atom stereocenters. The third kappa shape index (κ3) is 5.57. The average Bonchev–Trinajstić information content (AvgIpc) is 2.80. The Bertz CT molecular complexity index is 1090. The molecule has 0 heterocycles. The maximum atomic E-state index is 14.4. The highest BCUT2D eigenvalue weighted by atomic mass is 79.9. The Balaban J connectivity index is 1.78. The number of benzene rings is 4. The van der Waals surface area contributed by atoms with Gasteiger partial charge in [0.25, 0.3) is 0 Å². The first-order chi connectivity index (χ1) is 15.1. The van der Waals surface area contributed by atoms with Crippen molar-refractivity contribution in [2.45, 2.75) is 5.78 Å². The molecule has 0 saturated heterocycles. The van der Waals surface area contributed by atoms with Crippen LogP contribution < -0.4 is 14.4 Å². The third-order valence-corrected chi connectivity index (χ3v) is 7.05. The summed E-state index contributed by atoms with van der Waals surface area (Å²) in [6.45, 7) is 0. The monoisotopic (exact) mass is 493 g/mol. The van der Waals surface area contributed by atoms with Crippen LogP contribution in [0.15, 0.2) is 120 Å². The highest BCUT2D eigenvalue weighted by Gasteiger charge is 2.41. The molecule has 4 rings (SSSR count). The second-order valence-electron chi connectivity index (χ2n) is 6.81. The van der Waals surface area contributed by atoms with E-state index >= 15 is 0 Å². The molecule has 0 fully saturated rings. The van der Waals surface area contributed by atoms with Crippen molar-refractivity contribution in [2.75, 3.05) is 5.32 Å². The summed E-state index contributed by atoms with van der Waals surface area (Å²) in [5.41, 5.74) is 1.59. The van der Waals surface area contributed by atoms with E-state index in [-0.39, 0.29) is 0 Å². The van der Waals surface area contributed by atoms with Crippen molar-refractivity contribution < 1.29 is 13.6 Å². The van der Waals surface area contributed by atoms with Crippen LogP contribution in [0.25, 0.3) is 0 Å². The van der Waals surface area contributed by atoms with Gasteiger partial charge in [-0.1, -0.05) is 82.7 Å². The predicted octanol–water partition coefficient (Wildman–Crippen LogP) is 7.91. The summed E-state index contributed by atoms with van der Waals surface area (Å²) in [7, 11) is -3.80. The van der Waals surface area contributed by atoms with Crippen LogP contribution >= 0.6 is 23.5 Å². The predicted molar refractivity (Wildman–Crippen MR) is 129 cm³/mol. The molecule has 0 aliphatic carbocycles. The molecule has 0 aliphatic rings. The molecule has 0 spiro atoms. The molecule has 1 atom stereocenters. The molecule has 0 amide bonds. The van der Waals surface area contributed by atoms with Crippen LogP contribution in [0.2, 0.25) is 0 Å². The lowest BCUT2D eigenvalue weighted by Gasteiger charge is -2.29. The first-order valence-corrected chi connectivity index (χ1v) is 12.2. The molecule has 1 N–H and O–H groups in total. The van der Waals surface area contributed by atoms with Crippen LogP contribution in [-0.4, -0.2) is 0 Å². The molecular weight excluding hydrogens is 473 g/mol. The Kier molecular flexibility index (Phi) is 6.76. The Morgan fingerprint density at radius 2 is 1.10 bits per heavy atom. The van der Waals surface area contributed by atoms with Crippen molar-refractivity contribution in [3.8, 4) is 11.5 Å². The van der Waals surface area contributed by atoms with E-state index < -0.39 is 13.4 Å². The Labute approximate surface area is 190 Å². The number of rotatable bonds is 8. The lowest BCUT2D eigenvalue weighted by atomic mass is 10.2. The minimum Gasteiger partial charge on any atom is -0.414 e. The summed E-state index contributed by atoms with van der Waals surface area (Å²) in [6.07, 6.45) is 0. The largest absolute Gasteiger partial charge is 0.457 e. The molecule has 4 nitrogen and oxygen atoms in total. The van der Waals surface area contributed by atoms with Crippen molar-refractivity contribution in [1.29, 1.82) is 0 Å². The summed E-state index contributed by atoms with van der Waals surface area (Å²) < 4.78 is 27.5. The van der Waals surface area contributed by atoms with Gasteiger partial charge < -0.3 is 14.4 Å². The second kappa shape index (κ2) is 9.86. The normalized spacial score (nSPS) is 12.0. The Morgan fingerprint density at radius 1 is 0.645 bits per heavy atom. The smallest absolute Gasteiger partial charge is 0.414 e. The molecule has 0 saturated carbocycles. The number of hydrogen-bond donors (Lipinski definition) is 1. The van der Waals surface area contributed by atoms with E-state index in [1.54, 1.807) is 24.3 Å². The number of para-hydroxylation sites is 2. The second-order valence-corrected chi connectivity index (χ2v) is 9.69. The highest BCUT2D eigenvalue weighted by Crippen LogP contribution is 2.60. The fraction of sp³-hybridized carbons (Fsp3) is 0.0400. The van der Waals surface area contributed by atoms with Crippen LogP contribution in [0.4, 0.5) is 5.69 Å². The number of halogens is 1. The molecule has 6 heteroatoms. The number of nitrogens with one attached hydrogen (secondary N) is 1. The van der Waals surface area contributed by atoms with Crippen LogP contribution in [0.5, 0.6) is 11.5 Å². The minimum absolute atomic E-state index is 0.473. The van der Waals surface area contributed by atoms with Crippen molar-refractivity contribution >= 4 is 29.2 Å². The van der Waals surface area contributed by atoms with Crippen LogP contribution in [0.1, 0.15) is 11.3 Å². The molecule has 4 aromatic carbocycles. The minimum atomic E-state index is -3.80. The van der Waals surface area contributed by atoms with Crippen LogP contribution in [-0.2, 0) is 4.57 Å². The standard InChI is InChI=1S/C25H21BrNO3P/c26-21-16-18-22(19-17-21)27-25(20-10-4-1-5-11-20)31(28,29-23-12-6-2-7-13-23)30-24-14-8-3-9-15-24/h1-19,25,27H/t25-/m1/s1. The van der Waals surface area contributed by atoms with Gasteiger partial charge in [0.05, 0.1) is 0 Å². The van der Waals surface area contributed by atoms with Crippen LogP contribution in [0, 0.1) is 0 Å². The van der Waals surface area contributed by atoms with E-state index in [2.05, 4.69) is 21.2 Å². The van der Waals surface area contributed by atoms with Crippen molar-refractivity contribution in [3.05, 3.63) is 125 Å². The molecule has 0 aliphatic heterocycles. The molecule has 0 radical (unpaired) electrons. The third-order valence-electron chi connectivity index (χ3n) is 4.53. The van der Waals surface area contributed by atoms with Gasteiger partial charge in [0, 0.05) is 10.2 Å². The SMILES string of the molecule is O=P(Oc1ccccc1)(Oc1ccccc1)[C@@H](Nc1ccc(Br)cc1)c1ccccc1. The first kappa shape index (κ1) is 21.2. The van der Waals surface area contributed by atoms with E-state index in [1.807, 2.05) is 91.0 Å². The van der Waals surface area contributed by atoms with Gasteiger partial charge >= 0.3 is 7.60 Å². The average molecular weight is 494 g/mol. The molecule has 156 valence electrons. The first-order valence-electron chi connectivity index (χ1n) is 9.78. The van der Waals surface area contributed by atoms with Crippen molar-refractivity contribution in [2.24, 2.45) is 0 Å². The summed E-state index contributed by atoms with van der Waals surface area (Å²) >= 11 is 3.45. The van der Waals surface area contributed by atoms with E-state index in [1.165, 1.54) is 0 Å². The lowest BCUT2D eigenvalue weighted by Crippen LogP contribution is -2.18. The topological polar surface area (TPSA) is 47.6 Å². The van der Waals surface area contributed by atoms with E-state index in [4.69, 9.17) is 9.05 Å². The van der Waals surface area contributed by atoms with Gasteiger partial charge in [0.15, 0.2) is 5.78 Å². The fourth-order valence-corrected chi connectivity index (χ4v) is 5.25. The number of hydrogen-bond acceptors (Lipinski definition) is 4. The quantitative estimate of drug-likeness (QED) is 0.253. The molecular formula is C25H21BrNO3P. The van der Waals surface area contributed by atoms with Gasteiger partial charge in [0.1, 0.15) is 11.5 Å². The maximum absolute atomic E-state index is 14.4. The summed E-state index contributed by atoms with van der Waals surface area (Å²) in [6, 6.07) is 35.4. The van der Waals surface area contributed by atoms with Gasteiger partial charge in [-0.2, -0.15) is 0 Å². The summed E-state index contributed by atoms with van der Waals surface area (Å²) in [5, 5.41) is 3.37. The van der Waals surface area contributed by atoms with Gasteiger partial charge in [-0.15, -0.1) is 0 Å². The van der Waals surface area contributed by atoms with E-state index in [9.17, 15) is 4.57 Å². The van der Waals surface area contributed by atoms with Crippen LogP contribution in [0.3, 0.4) is 0 Å². The zero-order chi connectivity index (χ0) is 21.5. The van der Waals surface area contributed by atoms with Crippen molar-refractivity contribution in [3.63, 3.8) is 0 Å². The summed E-state index contributed by atoms with van der Waals surface area (Å²) in [5.74, 6) is 0.205. The molecule has 0 aromatic heterocycles. The van der Waals surface area contributed by atoms with Gasteiger partial charge in [-0.25, -0.2) is 4.57 Å².